The topological polar surface area (TPSA) is 71.1 Å². The van der Waals surface area contributed by atoms with Gasteiger partial charge in [-0.1, -0.05) is 72.3 Å². The van der Waals surface area contributed by atoms with Gasteiger partial charge in [0.1, 0.15) is 5.75 Å². The van der Waals surface area contributed by atoms with E-state index in [2.05, 4.69) is 4.98 Å². The Morgan fingerprint density at radius 2 is 1.47 bits per heavy atom. The highest BCUT2D eigenvalue weighted by molar-refractivity contribution is 6.31. The molecule has 0 aliphatic heterocycles. The van der Waals surface area contributed by atoms with Gasteiger partial charge in [-0.3, -0.25) is 18.5 Å². The lowest BCUT2D eigenvalue weighted by Gasteiger charge is -2.09. The van der Waals surface area contributed by atoms with Crippen molar-refractivity contribution in [1.82, 2.24) is 18.7 Å². The highest BCUT2D eigenvalue weighted by Crippen LogP contribution is 2.26. The predicted octanol–water partition coefficient (Wildman–Crippen LogP) is 4.59. The van der Waals surface area contributed by atoms with E-state index in [1.165, 1.54) is 4.57 Å². The van der Waals surface area contributed by atoms with Crippen LogP contribution in [-0.2, 0) is 20.6 Å². The van der Waals surface area contributed by atoms with Gasteiger partial charge in [-0.05, 0) is 34.9 Å². The fraction of sp³-hybridized carbons (Fsp3) is 0.115. The van der Waals surface area contributed by atoms with Crippen molar-refractivity contribution in [2.45, 2.75) is 6.54 Å². The second kappa shape index (κ2) is 8.68. The number of halogens is 1. The summed E-state index contributed by atoms with van der Waals surface area (Å²) in [5.74, 6) is 0.569. The Balaban J connectivity index is 1.53. The number of fused-ring (bicyclic) bond motifs is 1. The van der Waals surface area contributed by atoms with E-state index in [1.807, 2.05) is 60.7 Å². The molecule has 0 unspecified atom stereocenters. The molecule has 34 heavy (non-hydrogen) atoms. The van der Waals surface area contributed by atoms with Gasteiger partial charge < -0.3 is 4.74 Å². The van der Waals surface area contributed by atoms with Crippen LogP contribution < -0.4 is 16.0 Å². The smallest absolute Gasteiger partial charge is 0.332 e. The minimum absolute atomic E-state index is 0.0590. The van der Waals surface area contributed by atoms with E-state index >= 15 is 0 Å². The van der Waals surface area contributed by atoms with Crippen molar-refractivity contribution >= 4 is 22.8 Å². The van der Waals surface area contributed by atoms with Gasteiger partial charge in [0, 0.05) is 19.1 Å². The van der Waals surface area contributed by atoms with Crippen LogP contribution >= 0.6 is 11.6 Å². The molecule has 0 bridgehead atoms. The van der Waals surface area contributed by atoms with Crippen LogP contribution in [0.1, 0.15) is 5.56 Å². The van der Waals surface area contributed by atoms with Crippen molar-refractivity contribution in [3.63, 3.8) is 0 Å². The number of imidazole rings is 1. The standard InChI is InChI=1S/C26H21ClN4O3/c1-29-22-23(30(2)26(33)31(24(22)32)16-19-10-6-7-11-21(19)27)28-25(29)34-20-14-12-18(13-15-20)17-8-4-3-5-9-17/h3-15H,16H2,1-2H3. The quantitative estimate of drug-likeness (QED) is 0.375. The van der Waals surface area contributed by atoms with Crippen LogP contribution in [0.4, 0.5) is 0 Å². The molecule has 0 spiro atoms. The van der Waals surface area contributed by atoms with E-state index in [4.69, 9.17) is 16.3 Å². The van der Waals surface area contributed by atoms with Crippen LogP contribution in [0.3, 0.4) is 0 Å². The fourth-order valence-electron chi connectivity index (χ4n) is 3.90. The van der Waals surface area contributed by atoms with Crippen LogP contribution in [0.5, 0.6) is 11.8 Å². The molecule has 0 atom stereocenters. The minimum atomic E-state index is -0.478. The molecule has 8 heteroatoms. The summed E-state index contributed by atoms with van der Waals surface area (Å²) in [5, 5.41) is 0.490. The molecule has 3 aromatic carbocycles. The molecule has 0 saturated carbocycles. The summed E-state index contributed by atoms with van der Waals surface area (Å²) in [6.45, 7) is 0.0590. The van der Waals surface area contributed by atoms with E-state index in [0.717, 1.165) is 15.7 Å². The van der Waals surface area contributed by atoms with E-state index in [-0.39, 0.29) is 23.7 Å². The maximum Gasteiger partial charge on any atom is 0.332 e. The summed E-state index contributed by atoms with van der Waals surface area (Å²) in [6, 6.07) is 25.0. The van der Waals surface area contributed by atoms with Crippen molar-refractivity contribution < 1.29 is 4.74 Å². The Labute approximate surface area is 200 Å². The first-order valence-electron chi connectivity index (χ1n) is 10.7. The Hall–Kier alpha value is -4.10. The summed E-state index contributed by atoms with van der Waals surface area (Å²) in [4.78, 5) is 30.7. The van der Waals surface area contributed by atoms with E-state index in [1.54, 1.807) is 36.9 Å². The lowest BCUT2D eigenvalue weighted by atomic mass is 10.1. The van der Waals surface area contributed by atoms with Crippen molar-refractivity contribution in [2.24, 2.45) is 14.1 Å². The van der Waals surface area contributed by atoms with Crippen molar-refractivity contribution in [3.05, 3.63) is 110 Å². The van der Waals surface area contributed by atoms with Gasteiger partial charge in [-0.2, -0.15) is 4.98 Å². The van der Waals surface area contributed by atoms with Gasteiger partial charge in [-0.25, -0.2) is 4.79 Å². The lowest BCUT2D eigenvalue weighted by Crippen LogP contribution is -2.39. The molecule has 0 amide bonds. The molecule has 5 aromatic rings. The highest BCUT2D eigenvalue weighted by Gasteiger charge is 2.20. The van der Waals surface area contributed by atoms with E-state index < -0.39 is 11.2 Å². The molecule has 0 fully saturated rings. The van der Waals surface area contributed by atoms with Crippen LogP contribution in [-0.4, -0.2) is 18.7 Å². The average molecular weight is 473 g/mol. The molecule has 170 valence electrons. The first-order valence-corrected chi connectivity index (χ1v) is 11.0. The SMILES string of the molecule is Cn1c(Oc2ccc(-c3ccccc3)cc2)nc2c1c(=O)n(Cc1ccccc1Cl)c(=O)n2C. The summed E-state index contributed by atoms with van der Waals surface area (Å²) in [5.41, 5.74) is 2.43. The molecule has 0 aliphatic rings. The number of benzene rings is 3. The van der Waals surface area contributed by atoms with E-state index in [9.17, 15) is 9.59 Å². The Kier molecular flexibility index (Phi) is 5.55. The van der Waals surface area contributed by atoms with Gasteiger partial charge in [-0.15, -0.1) is 0 Å². The van der Waals surface area contributed by atoms with Gasteiger partial charge >= 0.3 is 11.7 Å². The summed E-state index contributed by atoms with van der Waals surface area (Å²) < 4.78 is 10.0. The molecule has 0 radical (unpaired) electrons. The zero-order chi connectivity index (χ0) is 23.8. The number of nitrogens with zero attached hydrogens (tertiary/aromatic N) is 4. The number of aryl methyl sites for hydroxylation is 2. The molecular formula is C26H21ClN4O3. The Bertz CT molecular complexity index is 1620. The number of hydrogen-bond acceptors (Lipinski definition) is 4. The van der Waals surface area contributed by atoms with Crippen LogP contribution in [0.15, 0.2) is 88.5 Å². The third-order valence-corrected chi connectivity index (χ3v) is 6.14. The highest BCUT2D eigenvalue weighted by atomic mass is 35.5. The molecule has 5 rings (SSSR count). The molecule has 0 saturated heterocycles. The summed E-state index contributed by atoms with van der Waals surface area (Å²) >= 11 is 6.25. The molecule has 0 aliphatic carbocycles. The fourth-order valence-corrected chi connectivity index (χ4v) is 4.10. The van der Waals surface area contributed by atoms with Gasteiger partial charge in [0.05, 0.1) is 6.54 Å². The molecule has 2 heterocycles. The summed E-state index contributed by atoms with van der Waals surface area (Å²) in [6.07, 6.45) is 0. The molecule has 7 nitrogen and oxygen atoms in total. The first kappa shape index (κ1) is 21.7. The zero-order valence-electron chi connectivity index (χ0n) is 18.6. The third kappa shape index (κ3) is 3.80. The number of aromatic nitrogens is 4. The monoisotopic (exact) mass is 472 g/mol. The van der Waals surface area contributed by atoms with Crippen molar-refractivity contribution in [2.75, 3.05) is 0 Å². The maximum atomic E-state index is 13.3. The number of hydrogen-bond donors (Lipinski definition) is 0. The van der Waals surface area contributed by atoms with Crippen molar-refractivity contribution in [3.8, 4) is 22.9 Å². The maximum absolute atomic E-state index is 13.3. The third-order valence-electron chi connectivity index (χ3n) is 5.78. The van der Waals surface area contributed by atoms with Crippen molar-refractivity contribution in [1.29, 1.82) is 0 Å². The first-order chi connectivity index (χ1) is 16.4. The molecule has 2 aromatic heterocycles. The number of rotatable bonds is 5. The average Bonchev–Trinajstić information content (AvgIpc) is 3.18. The van der Waals surface area contributed by atoms with E-state index in [0.29, 0.717) is 16.3 Å². The van der Waals surface area contributed by atoms with Gasteiger partial charge in [0.2, 0.25) is 0 Å². The second-order valence-corrected chi connectivity index (χ2v) is 8.35. The largest absolute Gasteiger partial charge is 0.425 e. The Morgan fingerprint density at radius 3 is 2.18 bits per heavy atom. The molecular weight excluding hydrogens is 452 g/mol. The van der Waals surface area contributed by atoms with Gasteiger partial charge in [0.15, 0.2) is 11.2 Å². The predicted molar refractivity (Wildman–Crippen MR) is 133 cm³/mol. The van der Waals surface area contributed by atoms with Crippen LogP contribution in [0.2, 0.25) is 5.02 Å². The zero-order valence-corrected chi connectivity index (χ0v) is 19.4. The second-order valence-electron chi connectivity index (χ2n) is 7.94. The lowest BCUT2D eigenvalue weighted by molar-refractivity contribution is 0.427. The van der Waals surface area contributed by atoms with Gasteiger partial charge in [0.25, 0.3) is 5.56 Å². The Morgan fingerprint density at radius 1 is 0.824 bits per heavy atom. The normalized spacial score (nSPS) is 11.1. The minimum Gasteiger partial charge on any atom is -0.425 e. The summed E-state index contributed by atoms with van der Waals surface area (Å²) in [7, 11) is 3.27. The van der Waals surface area contributed by atoms with Crippen LogP contribution in [0.25, 0.3) is 22.3 Å². The van der Waals surface area contributed by atoms with Crippen LogP contribution in [0, 0.1) is 0 Å². The molecule has 0 N–H and O–H groups in total. The number of ether oxygens (including phenoxy) is 1.